The number of hydrogen-bond acceptors (Lipinski definition) is 5. The molecule has 0 atom stereocenters. The molecule has 2 fully saturated rings. The van der Waals surface area contributed by atoms with Gasteiger partial charge in [-0.1, -0.05) is 25.7 Å². The van der Waals surface area contributed by atoms with E-state index in [1.54, 1.807) is 0 Å². The summed E-state index contributed by atoms with van der Waals surface area (Å²) in [6, 6.07) is 1.87. The van der Waals surface area contributed by atoms with Crippen molar-refractivity contribution in [3.05, 3.63) is 18.5 Å². The number of nitrogens with zero attached hydrogens (tertiary/aromatic N) is 4. The van der Waals surface area contributed by atoms with Crippen molar-refractivity contribution in [1.29, 1.82) is 0 Å². The van der Waals surface area contributed by atoms with Crippen LogP contribution in [0.1, 0.15) is 38.5 Å². The Labute approximate surface area is 127 Å². The predicted molar refractivity (Wildman–Crippen MR) is 85.3 cm³/mol. The average molecular weight is 289 g/mol. The van der Waals surface area contributed by atoms with Crippen LogP contribution in [0.25, 0.3) is 0 Å². The maximum absolute atomic E-state index is 6.20. The number of hydrogen-bond donors (Lipinski definition) is 1. The van der Waals surface area contributed by atoms with E-state index >= 15 is 0 Å². The van der Waals surface area contributed by atoms with E-state index in [2.05, 4.69) is 19.8 Å². The molecule has 1 aliphatic heterocycles. The molecule has 5 nitrogen and oxygen atoms in total. The summed E-state index contributed by atoms with van der Waals surface area (Å²) >= 11 is 0. The van der Waals surface area contributed by atoms with Gasteiger partial charge in [-0.2, -0.15) is 0 Å². The van der Waals surface area contributed by atoms with Crippen molar-refractivity contribution < 1.29 is 0 Å². The lowest BCUT2D eigenvalue weighted by Crippen LogP contribution is -2.60. The molecular weight excluding hydrogens is 262 g/mol. The summed E-state index contributed by atoms with van der Waals surface area (Å²) in [5, 5.41) is 0. The molecule has 5 heteroatoms. The van der Waals surface area contributed by atoms with Crippen LogP contribution in [0, 0.1) is 0 Å². The van der Waals surface area contributed by atoms with E-state index < -0.39 is 0 Å². The molecule has 116 valence electrons. The molecule has 2 heterocycles. The zero-order chi connectivity index (χ0) is 14.5. The minimum atomic E-state index is 0.250. The van der Waals surface area contributed by atoms with Crippen molar-refractivity contribution >= 4 is 5.95 Å². The quantitative estimate of drug-likeness (QED) is 0.858. The van der Waals surface area contributed by atoms with Gasteiger partial charge >= 0.3 is 0 Å². The van der Waals surface area contributed by atoms with Crippen molar-refractivity contribution in [2.24, 2.45) is 5.73 Å². The third-order valence-corrected chi connectivity index (χ3v) is 5.20. The number of rotatable bonds is 3. The van der Waals surface area contributed by atoms with Crippen LogP contribution in [-0.2, 0) is 0 Å². The summed E-state index contributed by atoms with van der Waals surface area (Å²) in [4.78, 5) is 13.7. The summed E-state index contributed by atoms with van der Waals surface area (Å²) in [6.07, 6.45) is 11.6. The van der Waals surface area contributed by atoms with Crippen molar-refractivity contribution in [2.75, 3.05) is 37.6 Å². The van der Waals surface area contributed by atoms with Crippen LogP contribution in [0.5, 0.6) is 0 Å². The van der Waals surface area contributed by atoms with E-state index in [-0.39, 0.29) is 5.54 Å². The highest BCUT2D eigenvalue weighted by Gasteiger charge is 2.37. The summed E-state index contributed by atoms with van der Waals surface area (Å²) in [6.45, 7) is 4.97. The molecule has 3 rings (SSSR count). The number of aromatic nitrogens is 2. The number of anilines is 1. The first-order valence-corrected chi connectivity index (χ1v) is 8.31. The third kappa shape index (κ3) is 3.19. The van der Waals surface area contributed by atoms with E-state index in [4.69, 9.17) is 5.73 Å². The fraction of sp³-hybridized carbons (Fsp3) is 0.750. The molecule has 21 heavy (non-hydrogen) atoms. The highest BCUT2D eigenvalue weighted by Crippen LogP contribution is 2.32. The van der Waals surface area contributed by atoms with Gasteiger partial charge in [0, 0.05) is 50.7 Å². The topological polar surface area (TPSA) is 58.3 Å². The minimum Gasteiger partial charge on any atom is -0.338 e. The normalized spacial score (nSPS) is 23.8. The molecule has 0 radical (unpaired) electrons. The van der Waals surface area contributed by atoms with Crippen LogP contribution in [0.4, 0.5) is 5.95 Å². The zero-order valence-electron chi connectivity index (χ0n) is 12.9. The number of piperazine rings is 1. The molecule has 0 unspecified atom stereocenters. The maximum Gasteiger partial charge on any atom is 0.225 e. The molecule has 1 aromatic rings. The molecule has 1 saturated heterocycles. The van der Waals surface area contributed by atoms with E-state index in [1.807, 2.05) is 18.5 Å². The monoisotopic (exact) mass is 289 g/mol. The minimum absolute atomic E-state index is 0.250. The zero-order valence-corrected chi connectivity index (χ0v) is 12.9. The Bertz CT molecular complexity index is 420. The Morgan fingerprint density at radius 2 is 1.57 bits per heavy atom. The Morgan fingerprint density at radius 3 is 2.14 bits per heavy atom. The SMILES string of the molecule is NCC1(N2CCN(c3ncccn3)CC2)CCCCCC1. The summed E-state index contributed by atoms with van der Waals surface area (Å²) in [5.74, 6) is 0.861. The molecular formula is C16H27N5. The van der Waals surface area contributed by atoms with Gasteiger partial charge in [0.15, 0.2) is 0 Å². The van der Waals surface area contributed by atoms with Gasteiger partial charge in [-0.25, -0.2) is 9.97 Å². The smallest absolute Gasteiger partial charge is 0.225 e. The van der Waals surface area contributed by atoms with Crippen molar-refractivity contribution in [2.45, 2.75) is 44.1 Å². The van der Waals surface area contributed by atoms with Crippen molar-refractivity contribution in [3.8, 4) is 0 Å². The van der Waals surface area contributed by atoms with Crippen LogP contribution >= 0.6 is 0 Å². The van der Waals surface area contributed by atoms with Crippen LogP contribution in [-0.4, -0.2) is 53.1 Å². The third-order valence-electron chi connectivity index (χ3n) is 5.20. The van der Waals surface area contributed by atoms with Gasteiger partial charge in [-0.15, -0.1) is 0 Å². The first-order chi connectivity index (χ1) is 10.3. The van der Waals surface area contributed by atoms with Gasteiger partial charge in [-0.05, 0) is 18.9 Å². The Hall–Kier alpha value is -1.20. The lowest BCUT2D eigenvalue weighted by molar-refractivity contribution is 0.0715. The number of nitrogens with two attached hydrogens (primary N) is 1. The molecule has 1 aliphatic carbocycles. The van der Waals surface area contributed by atoms with E-state index in [9.17, 15) is 0 Å². The summed E-state index contributed by atoms with van der Waals surface area (Å²) in [7, 11) is 0. The highest BCUT2D eigenvalue weighted by atomic mass is 15.3. The van der Waals surface area contributed by atoms with Crippen molar-refractivity contribution in [3.63, 3.8) is 0 Å². The molecule has 0 bridgehead atoms. The molecule has 0 amide bonds. The van der Waals surface area contributed by atoms with Crippen LogP contribution in [0.3, 0.4) is 0 Å². The summed E-state index contributed by atoms with van der Waals surface area (Å²) < 4.78 is 0. The predicted octanol–water partition coefficient (Wildman–Crippen LogP) is 1.65. The van der Waals surface area contributed by atoms with Gasteiger partial charge in [0.25, 0.3) is 0 Å². The molecule has 2 N–H and O–H groups in total. The van der Waals surface area contributed by atoms with Gasteiger partial charge < -0.3 is 10.6 Å². The molecule has 1 aromatic heterocycles. The lowest BCUT2D eigenvalue weighted by atomic mass is 9.87. The first-order valence-electron chi connectivity index (χ1n) is 8.31. The highest BCUT2D eigenvalue weighted by molar-refractivity contribution is 5.29. The molecule has 2 aliphatic rings. The second-order valence-corrected chi connectivity index (χ2v) is 6.37. The maximum atomic E-state index is 6.20. The van der Waals surface area contributed by atoms with Crippen LogP contribution < -0.4 is 10.6 Å². The first kappa shape index (κ1) is 14.7. The van der Waals surface area contributed by atoms with E-state index in [1.165, 1.54) is 38.5 Å². The fourth-order valence-electron chi connectivity index (χ4n) is 3.87. The Kier molecular flexibility index (Phi) is 4.70. The van der Waals surface area contributed by atoms with E-state index in [0.29, 0.717) is 0 Å². The van der Waals surface area contributed by atoms with Gasteiger partial charge in [0.2, 0.25) is 5.95 Å². The largest absolute Gasteiger partial charge is 0.338 e. The standard InChI is InChI=1S/C16H27N5/c17-14-16(6-3-1-2-4-7-16)21-12-10-20(11-13-21)15-18-8-5-9-19-15/h5,8-9H,1-4,6-7,10-14,17H2. The average Bonchev–Trinajstić information content (AvgIpc) is 2.82. The summed E-state index contributed by atoms with van der Waals surface area (Å²) in [5.41, 5.74) is 6.45. The van der Waals surface area contributed by atoms with Crippen molar-refractivity contribution in [1.82, 2.24) is 14.9 Å². The molecule has 0 aromatic carbocycles. The second-order valence-electron chi connectivity index (χ2n) is 6.37. The Balaban J connectivity index is 1.64. The molecule has 1 saturated carbocycles. The van der Waals surface area contributed by atoms with Gasteiger partial charge in [-0.3, -0.25) is 4.90 Å². The Morgan fingerprint density at radius 1 is 0.952 bits per heavy atom. The molecule has 0 spiro atoms. The second kappa shape index (κ2) is 6.71. The van der Waals surface area contributed by atoms with Gasteiger partial charge in [0.1, 0.15) is 0 Å². The van der Waals surface area contributed by atoms with Gasteiger partial charge in [0.05, 0.1) is 0 Å². The van der Waals surface area contributed by atoms with Crippen LogP contribution in [0.2, 0.25) is 0 Å². The van der Waals surface area contributed by atoms with E-state index in [0.717, 1.165) is 38.7 Å². The lowest BCUT2D eigenvalue weighted by Gasteiger charge is -2.47. The fourth-order valence-corrected chi connectivity index (χ4v) is 3.87. The van der Waals surface area contributed by atoms with Crippen LogP contribution in [0.15, 0.2) is 18.5 Å².